The molecule has 1 N–H and O–H groups in total. The third kappa shape index (κ3) is 4.42. The number of hydrogen-bond acceptors (Lipinski definition) is 2. The van der Waals surface area contributed by atoms with Gasteiger partial charge in [0, 0.05) is 21.4 Å². The Morgan fingerprint density at radius 1 is 1.20 bits per heavy atom. The average Bonchev–Trinajstić information content (AvgIpc) is 3.04. The van der Waals surface area contributed by atoms with E-state index in [9.17, 15) is 13.2 Å². The molecule has 1 saturated heterocycles. The summed E-state index contributed by atoms with van der Waals surface area (Å²) in [6.45, 7) is 1.07. The van der Waals surface area contributed by atoms with Crippen LogP contribution in [0.2, 0.25) is 0 Å². The third-order valence-electron chi connectivity index (χ3n) is 3.73. The molecule has 132 valence electrons. The molecule has 0 aromatic heterocycles. The molecule has 1 heterocycles. The molecule has 0 saturated carbocycles. The lowest BCUT2D eigenvalue weighted by atomic mass is 10.2. The van der Waals surface area contributed by atoms with Crippen LogP contribution in [-0.4, -0.2) is 23.2 Å². The van der Waals surface area contributed by atoms with Gasteiger partial charge in [-0.05, 0) is 65.1 Å². The maximum absolute atomic E-state index is 12.8. The van der Waals surface area contributed by atoms with Crippen molar-refractivity contribution in [3.63, 3.8) is 0 Å². The van der Waals surface area contributed by atoms with Crippen LogP contribution < -0.4 is 5.32 Å². The number of nitrogens with one attached hydrogen (secondary N) is 1. The highest BCUT2D eigenvalue weighted by atomic mass is 127. The van der Waals surface area contributed by atoms with Gasteiger partial charge >= 0.3 is 6.18 Å². The monoisotopic (exact) mass is 478 g/mol. The van der Waals surface area contributed by atoms with E-state index in [0.29, 0.717) is 24.0 Å². The zero-order valence-corrected chi connectivity index (χ0v) is 15.9. The molecule has 2 aromatic rings. The van der Waals surface area contributed by atoms with Gasteiger partial charge in [-0.25, -0.2) is 0 Å². The van der Waals surface area contributed by atoms with Crippen LogP contribution in [0.1, 0.15) is 17.4 Å². The molecule has 25 heavy (non-hydrogen) atoms. The summed E-state index contributed by atoms with van der Waals surface area (Å²) in [5, 5.41) is 3.22. The number of ether oxygens (including phenoxy) is 1. The van der Waals surface area contributed by atoms with E-state index in [1.54, 1.807) is 6.07 Å². The molecule has 0 amide bonds. The first kappa shape index (κ1) is 18.4. The number of alkyl halides is 3. The van der Waals surface area contributed by atoms with Crippen LogP contribution in [0.3, 0.4) is 0 Å². The fourth-order valence-corrected chi connectivity index (χ4v) is 3.45. The molecule has 1 aliphatic rings. The summed E-state index contributed by atoms with van der Waals surface area (Å²) in [6.07, 6.45) is -4.74. The maximum Gasteiger partial charge on any atom is 0.416 e. The van der Waals surface area contributed by atoms with Gasteiger partial charge in [0.15, 0.2) is 11.3 Å². The van der Waals surface area contributed by atoms with Crippen LogP contribution in [0.5, 0.6) is 0 Å². The smallest absolute Gasteiger partial charge is 0.352 e. The zero-order chi connectivity index (χ0) is 18.0. The minimum atomic E-state index is -4.39. The molecular formula is C17H14F3IN2OS. The molecule has 3 rings (SSSR count). The maximum atomic E-state index is 12.8. The number of thiocarbonyl (C=S) groups is 1. The lowest BCUT2D eigenvalue weighted by molar-refractivity contribution is -0.137. The van der Waals surface area contributed by atoms with Gasteiger partial charge in [-0.3, -0.25) is 0 Å². The fourth-order valence-electron chi connectivity index (χ4n) is 2.58. The number of benzene rings is 2. The highest BCUT2D eigenvalue weighted by molar-refractivity contribution is 14.1. The van der Waals surface area contributed by atoms with Gasteiger partial charge in [0.05, 0.1) is 12.2 Å². The quantitative estimate of drug-likeness (QED) is 0.483. The van der Waals surface area contributed by atoms with E-state index in [0.717, 1.165) is 21.3 Å². The van der Waals surface area contributed by atoms with Gasteiger partial charge in [-0.1, -0.05) is 18.2 Å². The lowest BCUT2D eigenvalue weighted by Crippen LogP contribution is -2.34. The van der Waals surface area contributed by atoms with Gasteiger partial charge in [0.1, 0.15) is 0 Å². The molecule has 0 aliphatic carbocycles. The largest absolute Gasteiger partial charge is 0.416 e. The number of hydrogen-bond donors (Lipinski definition) is 1. The topological polar surface area (TPSA) is 24.5 Å². The second-order valence-electron chi connectivity index (χ2n) is 5.48. The zero-order valence-electron chi connectivity index (χ0n) is 12.9. The molecule has 2 aromatic carbocycles. The van der Waals surface area contributed by atoms with Gasteiger partial charge < -0.3 is 15.0 Å². The summed E-state index contributed by atoms with van der Waals surface area (Å²) in [7, 11) is 0. The molecule has 8 heteroatoms. The molecular weight excluding hydrogens is 464 g/mol. The Morgan fingerprint density at radius 2 is 1.96 bits per heavy atom. The molecule has 3 nitrogen and oxygen atoms in total. The van der Waals surface area contributed by atoms with E-state index in [-0.39, 0.29) is 6.23 Å². The van der Waals surface area contributed by atoms with Gasteiger partial charge in [-0.15, -0.1) is 0 Å². The normalized spacial score (nSPS) is 17.6. The lowest BCUT2D eigenvalue weighted by Gasteiger charge is -2.26. The second-order valence-corrected chi connectivity index (χ2v) is 7.11. The van der Waals surface area contributed by atoms with Crippen molar-refractivity contribution in [2.45, 2.75) is 12.4 Å². The molecule has 1 fully saturated rings. The highest BCUT2D eigenvalue weighted by Gasteiger charge is 2.31. The Hall–Kier alpha value is -1.39. The highest BCUT2D eigenvalue weighted by Crippen LogP contribution is 2.32. The summed E-state index contributed by atoms with van der Waals surface area (Å²) < 4.78 is 45.3. The van der Waals surface area contributed by atoms with Crippen molar-refractivity contribution in [2.24, 2.45) is 0 Å². The minimum absolute atomic E-state index is 0.299. The second kappa shape index (κ2) is 7.46. The Morgan fingerprint density at radius 3 is 2.68 bits per heavy atom. The van der Waals surface area contributed by atoms with Crippen molar-refractivity contribution in [2.75, 3.05) is 18.5 Å². The number of anilines is 1. The fraction of sp³-hybridized carbons (Fsp3) is 0.235. The first-order valence-corrected chi connectivity index (χ1v) is 8.95. The molecule has 0 spiro atoms. The van der Waals surface area contributed by atoms with Crippen molar-refractivity contribution in [1.29, 1.82) is 0 Å². The van der Waals surface area contributed by atoms with E-state index < -0.39 is 11.7 Å². The summed E-state index contributed by atoms with van der Waals surface area (Å²) in [5.41, 5.74) is 0.540. The number of nitrogens with zero attached hydrogens (tertiary/aromatic N) is 1. The van der Waals surface area contributed by atoms with E-state index >= 15 is 0 Å². The molecule has 0 radical (unpaired) electrons. The Bertz CT molecular complexity index is 784. The summed E-state index contributed by atoms with van der Waals surface area (Å²) in [6, 6.07) is 12.8. The predicted octanol–water partition coefficient (Wildman–Crippen LogP) is 5.04. The molecule has 1 atom stereocenters. The van der Waals surface area contributed by atoms with Crippen molar-refractivity contribution < 1.29 is 17.9 Å². The molecule has 1 aliphatic heterocycles. The average molecular weight is 478 g/mol. The van der Waals surface area contributed by atoms with Crippen molar-refractivity contribution in [3.8, 4) is 0 Å². The Kier molecular flexibility index (Phi) is 5.49. The predicted molar refractivity (Wildman–Crippen MR) is 102 cm³/mol. The van der Waals surface area contributed by atoms with E-state index in [1.807, 2.05) is 29.2 Å². The van der Waals surface area contributed by atoms with Crippen LogP contribution in [0.4, 0.5) is 18.9 Å². The Balaban J connectivity index is 1.76. The van der Waals surface area contributed by atoms with E-state index in [4.69, 9.17) is 17.0 Å². The standard InChI is InChI=1S/C17H14F3IN2OS/c18-17(19,20)12-4-2-6-14(10-12)22-16(25)23-7-8-24-15(23)11-3-1-5-13(21)9-11/h1-6,9-10,15H,7-8H2,(H,22,25). The van der Waals surface area contributed by atoms with Gasteiger partial charge in [0.25, 0.3) is 0 Å². The summed E-state index contributed by atoms with van der Waals surface area (Å²) in [4.78, 5) is 1.83. The van der Waals surface area contributed by atoms with E-state index in [1.165, 1.54) is 6.07 Å². The number of halogens is 4. The van der Waals surface area contributed by atoms with E-state index in [2.05, 4.69) is 27.9 Å². The SMILES string of the molecule is FC(F)(F)c1cccc(NC(=S)N2CCOC2c2cccc(I)c2)c1. The van der Waals surface area contributed by atoms with Crippen molar-refractivity contribution >= 4 is 45.6 Å². The van der Waals surface area contributed by atoms with Crippen LogP contribution in [0, 0.1) is 3.57 Å². The summed E-state index contributed by atoms with van der Waals surface area (Å²) >= 11 is 7.61. The minimum Gasteiger partial charge on any atom is -0.352 e. The van der Waals surface area contributed by atoms with Crippen molar-refractivity contribution in [1.82, 2.24) is 4.90 Å². The first-order valence-electron chi connectivity index (χ1n) is 7.46. The van der Waals surface area contributed by atoms with Gasteiger partial charge in [-0.2, -0.15) is 13.2 Å². The number of rotatable bonds is 2. The van der Waals surface area contributed by atoms with Crippen LogP contribution >= 0.6 is 34.8 Å². The van der Waals surface area contributed by atoms with Crippen LogP contribution in [0.15, 0.2) is 48.5 Å². The van der Waals surface area contributed by atoms with Crippen molar-refractivity contribution in [3.05, 3.63) is 63.2 Å². The molecule has 0 bridgehead atoms. The van der Waals surface area contributed by atoms with Gasteiger partial charge in [0.2, 0.25) is 0 Å². The molecule has 1 unspecified atom stereocenters. The first-order chi connectivity index (χ1) is 11.8. The van der Waals surface area contributed by atoms with Crippen LogP contribution in [0.25, 0.3) is 0 Å². The third-order valence-corrected chi connectivity index (χ3v) is 4.73. The van der Waals surface area contributed by atoms with Crippen LogP contribution in [-0.2, 0) is 10.9 Å². The Labute approximate surface area is 162 Å². The summed E-state index contributed by atoms with van der Waals surface area (Å²) in [5.74, 6) is 0.